The zero-order chi connectivity index (χ0) is 24.1. The Morgan fingerprint density at radius 1 is 1.12 bits per heavy atom. The monoisotopic (exact) mass is 506 g/mol. The van der Waals surface area contributed by atoms with Crippen molar-refractivity contribution in [2.24, 2.45) is 0 Å². The van der Waals surface area contributed by atoms with Gasteiger partial charge in [-0.05, 0) is 42.3 Å². The molecule has 2 N–H and O–H groups in total. The van der Waals surface area contributed by atoms with Crippen LogP contribution in [-0.4, -0.2) is 21.5 Å². The lowest BCUT2D eigenvalue weighted by Crippen LogP contribution is -2.18. The van der Waals surface area contributed by atoms with E-state index in [2.05, 4.69) is 20.3 Å². The zero-order valence-corrected chi connectivity index (χ0v) is 19.1. The van der Waals surface area contributed by atoms with Crippen LogP contribution in [0.25, 0.3) is 0 Å². The third kappa shape index (κ3) is 6.15. The van der Waals surface area contributed by atoms with Crippen molar-refractivity contribution in [2.75, 3.05) is 11.9 Å². The molecule has 6 nitrogen and oxygen atoms in total. The summed E-state index contributed by atoms with van der Waals surface area (Å²) >= 11 is 7.11. The van der Waals surface area contributed by atoms with Crippen LogP contribution < -0.4 is 15.6 Å². The summed E-state index contributed by atoms with van der Waals surface area (Å²) in [6, 6.07) is 10.4. The molecule has 176 valence electrons. The van der Waals surface area contributed by atoms with Gasteiger partial charge in [0.1, 0.15) is 11.5 Å². The third-order valence-corrected chi connectivity index (χ3v) is 5.91. The molecule has 0 unspecified atom stereocenters. The molecular weight excluding hydrogens is 489 g/mol. The summed E-state index contributed by atoms with van der Waals surface area (Å²) in [4.78, 5) is 23.4. The van der Waals surface area contributed by atoms with E-state index in [1.54, 1.807) is 24.5 Å². The number of anilines is 1. The number of benzene rings is 2. The first-order valence-corrected chi connectivity index (χ1v) is 11.4. The highest BCUT2D eigenvalue weighted by atomic mass is 35.5. The highest BCUT2D eigenvalue weighted by molar-refractivity contribution is 7.09. The van der Waals surface area contributed by atoms with Gasteiger partial charge in [0.05, 0.1) is 15.6 Å². The number of thiazole rings is 1. The Morgan fingerprint density at radius 2 is 1.88 bits per heavy atom. The van der Waals surface area contributed by atoms with E-state index in [4.69, 9.17) is 16.3 Å². The van der Waals surface area contributed by atoms with Gasteiger partial charge in [-0.15, -0.1) is 11.3 Å². The molecule has 0 fully saturated rings. The van der Waals surface area contributed by atoms with Crippen LogP contribution in [0.5, 0.6) is 11.5 Å². The molecule has 0 amide bonds. The number of hydrogen-bond acceptors (Lipinski definition) is 6. The Hall–Kier alpha value is -3.37. The molecule has 0 atom stereocenters. The molecule has 2 aromatic heterocycles. The fraction of sp³-hybridized carbons (Fsp3) is 0.174. The van der Waals surface area contributed by atoms with E-state index < -0.39 is 11.7 Å². The fourth-order valence-corrected chi connectivity index (χ4v) is 3.98. The number of aromatic amines is 1. The normalized spacial score (nSPS) is 11.4. The number of H-pyrrole nitrogens is 1. The molecule has 2 heterocycles. The van der Waals surface area contributed by atoms with Crippen molar-refractivity contribution in [1.29, 1.82) is 0 Å². The van der Waals surface area contributed by atoms with Crippen molar-refractivity contribution in [1.82, 2.24) is 15.0 Å². The topological polar surface area (TPSA) is 79.9 Å². The second kappa shape index (κ2) is 10.3. The quantitative estimate of drug-likeness (QED) is 0.309. The molecule has 0 spiro atoms. The van der Waals surface area contributed by atoms with Crippen molar-refractivity contribution in [3.8, 4) is 11.5 Å². The maximum Gasteiger partial charge on any atom is 0.417 e. The summed E-state index contributed by atoms with van der Waals surface area (Å²) in [5, 5.41) is 5.39. The van der Waals surface area contributed by atoms with E-state index >= 15 is 0 Å². The van der Waals surface area contributed by atoms with Gasteiger partial charge >= 0.3 is 6.18 Å². The van der Waals surface area contributed by atoms with Crippen molar-refractivity contribution >= 4 is 28.9 Å². The van der Waals surface area contributed by atoms with Gasteiger partial charge in [-0.1, -0.05) is 23.7 Å². The van der Waals surface area contributed by atoms with Crippen molar-refractivity contribution in [2.45, 2.75) is 19.0 Å². The maximum absolute atomic E-state index is 13.0. The standard InChI is InChI=1S/C23H18ClF3N4O2S/c24-19-6-5-17(12-18(19)23(25,26)27)33-16-3-1-14(2-4-16)7-8-29-22-30-13-15(21(32)31-22)11-20-28-9-10-34-20/h1-6,9-10,12-13H,7-8,11H2,(H2,29,30,31,32). The van der Waals surface area contributed by atoms with Crippen molar-refractivity contribution in [3.05, 3.63) is 97.3 Å². The minimum absolute atomic E-state index is 0.0412. The lowest BCUT2D eigenvalue weighted by atomic mass is 10.1. The lowest BCUT2D eigenvalue weighted by molar-refractivity contribution is -0.137. The molecule has 0 aliphatic rings. The molecular formula is C23H18ClF3N4O2S. The number of ether oxygens (including phenoxy) is 1. The first-order valence-electron chi connectivity index (χ1n) is 10.1. The Kier molecular flexibility index (Phi) is 7.18. The number of hydrogen-bond donors (Lipinski definition) is 2. The summed E-state index contributed by atoms with van der Waals surface area (Å²) in [6.45, 7) is 0.515. The van der Waals surface area contributed by atoms with Crippen LogP contribution in [0.15, 0.2) is 65.0 Å². The molecule has 4 aromatic rings. The van der Waals surface area contributed by atoms with E-state index in [-0.39, 0.29) is 16.3 Å². The van der Waals surface area contributed by atoms with Crippen LogP contribution in [0.1, 0.15) is 21.7 Å². The number of aromatic nitrogens is 3. The Balaban J connectivity index is 1.31. The van der Waals surface area contributed by atoms with E-state index in [1.165, 1.54) is 17.4 Å². The SMILES string of the molecule is O=c1nc(NCCc2ccc(Oc3ccc(Cl)c(C(F)(F)F)c3)cc2)[nH]cc1Cc1nccs1. The minimum Gasteiger partial charge on any atom is -0.457 e. The van der Waals surface area contributed by atoms with Crippen LogP contribution in [0, 0.1) is 0 Å². The van der Waals surface area contributed by atoms with Crippen molar-refractivity contribution in [3.63, 3.8) is 0 Å². The fourth-order valence-electron chi connectivity index (χ4n) is 3.11. The summed E-state index contributed by atoms with van der Waals surface area (Å²) < 4.78 is 44.6. The predicted molar refractivity (Wildman–Crippen MR) is 125 cm³/mol. The second-order valence-electron chi connectivity index (χ2n) is 7.24. The number of alkyl halides is 3. The van der Waals surface area contributed by atoms with Gasteiger partial charge in [-0.2, -0.15) is 18.2 Å². The summed E-state index contributed by atoms with van der Waals surface area (Å²) in [5.41, 5.74) is 0.250. The molecule has 4 rings (SSSR count). The number of nitrogens with one attached hydrogen (secondary N) is 2. The van der Waals surface area contributed by atoms with Crippen molar-refractivity contribution < 1.29 is 17.9 Å². The van der Waals surface area contributed by atoms with E-state index in [1.807, 2.05) is 17.5 Å². The second-order valence-corrected chi connectivity index (χ2v) is 8.63. The molecule has 11 heteroatoms. The molecule has 34 heavy (non-hydrogen) atoms. The van der Waals surface area contributed by atoms with Gasteiger partial charge in [-0.25, -0.2) is 4.98 Å². The number of nitrogens with zero attached hydrogens (tertiary/aromatic N) is 2. The molecule has 0 saturated carbocycles. The summed E-state index contributed by atoms with van der Waals surface area (Å²) in [7, 11) is 0. The van der Waals surface area contributed by atoms with Crippen LogP contribution in [0.2, 0.25) is 5.02 Å². The third-order valence-electron chi connectivity index (χ3n) is 4.80. The van der Waals surface area contributed by atoms with Crippen LogP contribution in [0.4, 0.5) is 19.1 Å². The van der Waals surface area contributed by atoms with Crippen LogP contribution in [0.3, 0.4) is 0 Å². The summed E-state index contributed by atoms with van der Waals surface area (Å²) in [5.74, 6) is 0.810. The highest BCUT2D eigenvalue weighted by Gasteiger charge is 2.33. The largest absolute Gasteiger partial charge is 0.457 e. The number of rotatable bonds is 8. The molecule has 0 aliphatic carbocycles. The first kappa shape index (κ1) is 23.8. The van der Waals surface area contributed by atoms with E-state index in [0.29, 0.717) is 36.6 Å². The smallest absolute Gasteiger partial charge is 0.417 e. The Morgan fingerprint density at radius 3 is 2.56 bits per heavy atom. The van der Waals surface area contributed by atoms with Crippen LogP contribution in [-0.2, 0) is 19.0 Å². The van der Waals surface area contributed by atoms with Gasteiger partial charge in [0, 0.05) is 36.3 Å². The Labute approximate surface area is 201 Å². The van der Waals surface area contributed by atoms with Gasteiger partial charge < -0.3 is 15.0 Å². The van der Waals surface area contributed by atoms with Crippen LogP contribution >= 0.6 is 22.9 Å². The van der Waals surface area contributed by atoms with Gasteiger partial charge in [0.15, 0.2) is 0 Å². The molecule has 0 saturated heterocycles. The summed E-state index contributed by atoms with van der Waals surface area (Å²) in [6.07, 6.45) is -0.177. The highest BCUT2D eigenvalue weighted by Crippen LogP contribution is 2.37. The van der Waals surface area contributed by atoms with Gasteiger partial charge in [0.2, 0.25) is 5.95 Å². The maximum atomic E-state index is 13.0. The average molecular weight is 507 g/mol. The Bertz CT molecular complexity index is 1310. The molecule has 0 aliphatic heterocycles. The van der Waals surface area contributed by atoms with Gasteiger partial charge in [-0.3, -0.25) is 4.79 Å². The number of halogens is 4. The minimum atomic E-state index is -4.56. The zero-order valence-electron chi connectivity index (χ0n) is 17.5. The average Bonchev–Trinajstić information content (AvgIpc) is 3.30. The van der Waals surface area contributed by atoms with Gasteiger partial charge in [0.25, 0.3) is 5.56 Å². The van der Waals surface area contributed by atoms with E-state index in [9.17, 15) is 18.0 Å². The molecule has 0 bridgehead atoms. The lowest BCUT2D eigenvalue weighted by Gasteiger charge is -2.12. The first-order chi connectivity index (χ1) is 16.3. The van der Waals surface area contributed by atoms with E-state index in [0.717, 1.165) is 22.7 Å². The predicted octanol–water partition coefficient (Wildman–Crippen LogP) is 5.94. The molecule has 0 radical (unpaired) electrons. The molecule has 2 aromatic carbocycles.